The Labute approximate surface area is 202 Å². The molecule has 1 aromatic carbocycles. The molecule has 0 spiro atoms. The van der Waals surface area contributed by atoms with Crippen molar-refractivity contribution in [2.24, 2.45) is 11.8 Å². The number of ether oxygens (including phenoxy) is 1. The Morgan fingerprint density at radius 3 is 2.38 bits per heavy atom. The lowest BCUT2D eigenvalue weighted by atomic mass is 9.79. The monoisotopic (exact) mass is 496 g/mol. The molecule has 190 valence electrons. The number of hydrogen-bond donors (Lipinski definition) is 1. The second kappa shape index (κ2) is 8.70. The van der Waals surface area contributed by atoms with Gasteiger partial charge in [-0.05, 0) is 81.0 Å². The number of methoxy groups -OCH3 is 1. The van der Waals surface area contributed by atoms with Crippen LogP contribution in [0, 0.1) is 11.8 Å². The Morgan fingerprint density at radius 2 is 1.79 bits per heavy atom. The zero-order chi connectivity index (χ0) is 24.2. The van der Waals surface area contributed by atoms with E-state index in [0.29, 0.717) is 30.4 Å². The molecule has 1 N–H and O–H groups in total. The molecule has 2 unspecified atom stereocenters. The summed E-state index contributed by atoms with van der Waals surface area (Å²) < 4.78 is 60.5. The van der Waals surface area contributed by atoms with Gasteiger partial charge in [0, 0.05) is 44.1 Å². The predicted molar refractivity (Wildman–Crippen MR) is 130 cm³/mol. The zero-order valence-electron chi connectivity index (χ0n) is 20.4. The van der Waals surface area contributed by atoms with E-state index in [4.69, 9.17) is 4.74 Å². The fraction of sp³-hybridized carbons (Fsp3) is 0.769. The minimum absolute atomic E-state index is 0.0659. The van der Waals surface area contributed by atoms with Crippen LogP contribution >= 0.6 is 0 Å². The highest BCUT2D eigenvalue weighted by atomic mass is 32.2. The average Bonchev–Trinajstić information content (AvgIpc) is 3.71. The number of benzene rings is 1. The highest BCUT2D eigenvalue weighted by Crippen LogP contribution is 2.65. The molecular formula is C26H38F2N2O3S. The van der Waals surface area contributed by atoms with Crippen LogP contribution in [0.25, 0.3) is 0 Å². The van der Waals surface area contributed by atoms with Gasteiger partial charge >= 0.3 is 0 Å². The van der Waals surface area contributed by atoms with Gasteiger partial charge in [-0.2, -0.15) is 0 Å². The first kappa shape index (κ1) is 24.4. The first-order valence-corrected chi connectivity index (χ1v) is 14.5. The molecule has 0 amide bonds. The average molecular weight is 497 g/mol. The third kappa shape index (κ3) is 4.50. The molecule has 1 heterocycles. The molecule has 0 radical (unpaired) electrons. The van der Waals surface area contributed by atoms with Crippen molar-refractivity contribution in [2.45, 2.75) is 86.9 Å². The van der Waals surface area contributed by atoms with Crippen LogP contribution in [-0.4, -0.2) is 56.8 Å². The number of fused-ring (bicyclic) bond motifs is 1. The molecule has 1 aromatic rings. The summed E-state index contributed by atoms with van der Waals surface area (Å²) in [5, 5.41) is -0.229. The Hall–Kier alpha value is -1.25. The molecular weight excluding hydrogens is 458 g/mol. The third-order valence-corrected chi connectivity index (χ3v) is 11.1. The lowest BCUT2D eigenvalue weighted by molar-refractivity contribution is -0.122. The van der Waals surface area contributed by atoms with Gasteiger partial charge in [-0.1, -0.05) is 19.1 Å². The minimum atomic E-state index is -3.26. The van der Waals surface area contributed by atoms with Crippen LogP contribution in [0.4, 0.5) is 14.5 Å². The molecule has 34 heavy (non-hydrogen) atoms. The molecule has 3 saturated carbocycles. The van der Waals surface area contributed by atoms with Crippen LogP contribution in [0.5, 0.6) is 0 Å². The van der Waals surface area contributed by atoms with E-state index in [-0.39, 0.29) is 29.1 Å². The Kier molecular flexibility index (Phi) is 6.25. The van der Waals surface area contributed by atoms with Crippen molar-refractivity contribution in [3.8, 4) is 0 Å². The van der Waals surface area contributed by atoms with Crippen LogP contribution < -0.4 is 4.72 Å². The number of sulfonamides is 1. The molecule has 2 atom stereocenters. The van der Waals surface area contributed by atoms with E-state index in [9.17, 15) is 17.2 Å². The van der Waals surface area contributed by atoms with Gasteiger partial charge in [-0.25, -0.2) is 17.2 Å². The Balaban J connectivity index is 1.16. The lowest BCUT2D eigenvalue weighted by Gasteiger charge is -2.39. The van der Waals surface area contributed by atoms with E-state index in [0.717, 1.165) is 51.7 Å². The highest BCUT2D eigenvalue weighted by Gasteiger charge is 2.67. The van der Waals surface area contributed by atoms with Crippen molar-refractivity contribution in [1.82, 2.24) is 4.90 Å². The van der Waals surface area contributed by atoms with Crippen LogP contribution in [0.2, 0.25) is 0 Å². The Morgan fingerprint density at radius 1 is 1.12 bits per heavy atom. The number of likely N-dealkylation sites (tertiary alicyclic amines) is 1. The molecule has 4 aliphatic rings. The first-order valence-electron chi connectivity index (χ1n) is 12.9. The molecule has 0 bridgehead atoms. The fourth-order valence-electron chi connectivity index (χ4n) is 6.91. The quantitative estimate of drug-likeness (QED) is 0.485. The molecule has 4 fully saturated rings. The van der Waals surface area contributed by atoms with E-state index >= 15 is 0 Å². The lowest BCUT2D eigenvalue weighted by Crippen LogP contribution is -2.41. The van der Waals surface area contributed by atoms with E-state index in [1.807, 2.05) is 18.2 Å². The summed E-state index contributed by atoms with van der Waals surface area (Å²) in [7, 11) is -1.59. The number of hydrogen-bond acceptors (Lipinski definition) is 4. The summed E-state index contributed by atoms with van der Waals surface area (Å²) in [5.41, 5.74) is 1.69. The van der Waals surface area contributed by atoms with Crippen LogP contribution in [0.1, 0.15) is 70.3 Å². The predicted octanol–water partition coefficient (Wildman–Crippen LogP) is 5.17. The number of nitrogens with zero attached hydrogens (tertiary/aromatic N) is 1. The SMILES string of the molecule is CCC1(c2cccc(NS(=O)(=O)C3CC3)c2)C2CN(CCCC3(OC)CCC(F)(F)CC3)CC21. The van der Waals surface area contributed by atoms with Crippen molar-refractivity contribution in [2.75, 3.05) is 31.5 Å². The van der Waals surface area contributed by atoms with Gasteiger partial charge in [0.1, 0.15) is 0 Å². The number of anilines is 1. The van der Waals surface area contributed by atoms with Crippen molar-refractivity contribution < 1.29 is 21.9 Å². The van der Waals surface area contributed by atoms with Gasteiger partial charge in [0.25, 0.3) is 0 Å². The molecule has 3 aliphatic carbocycles. The summed E-state index contributed by atoms with van der Waals surface area (Å²) in [6, 6.07) is 8.03. The largest absolute Gasteiger partial charge is 0.378 e. The van der Waals surface area contributed by atoms with E-state index in [1.54, 1.807) is 7.11 Å². The van der Waals surface area contributed by atoms with E-state index in [1.165, 1.54) is 5.56 Å². The van der Waals surface area contributed by atoms with Crippen molar-refractivity contribution >= 4 is 15.7 Å². The van der Waals surface area contributed by atoms with Crippen LogP contribution in [0.3, 0.4) is 0 Å². The van der Waals surface area contributed by atoms with Crippen molar-refractivity contribution in [3.05, 3.63) is 29.8 Å². The van der Waals surface area contributed by atoms with Crippen LogP contribution in [0.15, 0.2) is 24.3 Å². The second-order valence-corrected chi connectivity index (χ2v) is 13.1. The topological polar surface area (TPSA) is 58.6 Å². The number of halogens is 2. The van der Waals surface area contributed by atoms with Gasteiger partial charge in [0.05, 0.1) is 10.9 Å². The first-order chi connectivity index (χ1) is 16.1. The third-order valence-electron chi connectivity index (χ3n) is 9.25. The fourth-order valence-corrected chi connectivity index (χ4v) is 8.28. The Bertz CT molecular complexity index is 989. The number of piperidine rings is 1. The van der Waals surface area contributed by atoms with Gasteiger partial charge < -0.3 is 9.64 Å². The summed E-state index contributed by atoms with van der Waals surface area (Å²) in [4.78, 5) is 2.52. The smallest absolute Gasteiger partial charge is 0.248 e. The van der Waals surface area contributed by atoms with Gasteiger partial charge in [-0.15, -0.1) is 0 Å². The standard InChI is InChI=1S/C26H38F2N2O3S/c1-3-26(19-6-4-7-20(16-19)29-34(31,32)21-8-9-21)22-17-30(18-23(22)26)15-5-10-24(33-2)11-13-25(27,28)14-12-24/h4,6-7,16,21-23,29H,3,5,8-15,17-18H2,1-2H3. The number of nitrogens with one attached hydrogen (secondary N) is 1. The molecule has 1 aliphatic heterocycles. The number of alkyl halides is 2. The summed E-state index contributed by atoms with van der Waals surface area (Å²) >= 11 is 0. The van der Waals surface area contributed by atoms with Crippen molar-refractivity contribution in [3.63, 3.8) is 0 Å². The van der Waals surface area contributed by atoms with Gasteiger partial charge in [-0.3, -0.25) is 4.72 Å². The van der Waals surface area contributed by atoms with E-state index < -0.39 is 15.9 Å². The van der Waals surface area contributed by atoms with E-state index in [2.05, 4.69) is 22.6 Å². The summed E-state index contributed by atoms with van der Waals surface area (Å²) in [6.07, 6.45) is 5.13. The molecule has 5 rings (SSSR count). The van der Waals surface area contributed by atoms with Gasteiger partial charge in [0.15, 0.2) is 0 Å². The second-order valence-electron chi connectivity index (χ2n) is 11.1. The number of rotatable bonds is 10. The minimum Gasteiger partial charge on any atom is -0.378 e. The maximum atomic E-state index is 13.6. The summed E-state index contributed by atoms with van der Waals surface area (Å²) in [6.45, 7) is 5.32. The maximum absolute atomic E-state index is 13.6. The molecule has 1 saturated heterocycles. The highest BCUT2D eigenvalue weighted by molar-refractivity contribution is 7.93. The summed E-state index contributed by atoms with van der Waals surface area (Å²) in [5.74, 6) is -1.34. The normalized spacial score (nSPS) is 32.4. The van der Waals surface area contributed by atoms with Crippen molar-refractivity contribution in [1.29, 1.82) is 0 Å². The maximum Gasteiger partial charge on any atom is 0.248 e. The zero-order valence-corrected chi connectivity index (χ0v) is 21.2. The molecule has 8 heteroatoms. The van der Waals surface area contributed by atoms with Gasteiger partial charge in [0.2, 0.25) is 15.9 Å². The molecule has 0 aromatic heterocycles. The molecule has 5 nitrogen and oxygen atoms in total. The van der Waals surface area contributed by atoms with Crippen LogP contribution in [-0.2, 0) is 20.2 Å².